The summed E-state index contributed by atoms with van der Waals surface area (Å²) in [5, 5.41) is 8.28. The number of hydrogen-bond acceptors (Lipinski definition) is 4. The van der Waals surface area contributed by atoms with Gasteiger partial charge in [-0.25, -0.2) is 0 Å². The van der Waals surface area contributed by atoms with Gasteiger partial charge in [-0.05, 0) is 0 Å². The number of rotatable bonds is 5. The van der Waals surface area contributed by atoms with Crippen molar-refractivity contribution >= 4 is 23.7 Å². The molecule has 88 valence electrons. The Morgan fingerprint density at radius 2 is 2.00 bits per heavy atom. The quantitative estimate of drug-likeness (QED) is 0.737. The Hall–Kier alpha value is -0.920. The fourth-order valence-electron chi connectivity index (χ4n) is 0.625. The number of ether oxygens (including phenoxy) is 1. The summed E-state index contributed by atoms with van der Waals surface area (Å²) in [5.74, 6) is -6.08. The average Bonchev–Trinajstić information content (AvgIpc) is 2.09. The van der Waals surface area contributed by atoms with Gasteiger partial charge in [0.15, 0.2) is 5.92 Å². The molecule has 1 N–H and O–H groups in total. The van der Waals surface area contributed by atoms with Crippen LogP contribution in [0.2, 0.25) is 0 Å². The lowest BCUT2D eigenvalue weighted by molar-refractivity contribution is -0.188. The van der Waals surface area contributed by atoms with Crippen LogP contribution < -0.4 is 0 Å². The van der Waals surface area contributed by atoms with Crippen LogP contribution in [-0.2, 0) is 14.3 Å². The number of carboxylic acids is 1. The molecule has 0 aromatic rings. The number of halogens is 3. The second kappa shape index (κ2) is 5.84. The van der Waals surface area contributed by atoms with Gasteiger partial charge in [0.2, 0.25) is 0 Å². The van der Waals surface area contributed by atoms with Crippen LogP contribution in [0.25, 0.3) is 0 Å². The highest BCUT2D eigenvalue weighted by molar-refractivity contribution is 7.99. The van der Waals surface area contributed by atoms with Gasteiger partial charge >= 0.3 is 18.1 Å². The smallest absolute Gasteiger partial charge is 0.403 e. The molecule has 4 nitrogen and oxygen atoms in total. The SMILES string of the molecule is COC(=O)CSCC(C(=O)O)C(F)(F)F. The minimum Gasteiger partial charge on any atom is -0.481 e. The van der Waals surface area contributed by atoms with Crippen LogP contribution in [0.5, 0.6) is 0 Å². The number of carbonyl (C=O) groups excluding carboxylic acids is 1. The van der Waals surface area contributed by atoms with Crippen molar-refractivity contribution in [1.82, 2.24) is 0 Å². The molecular weight excluding hydrogens is 237 g/mol. The molecule has 0 heterocycles. The average molecular weight is 246 g/mol. The lowest BCUT2D eigenvalue weighted by Gasteiger charge is -2.14. The van der Waals surface area contributed by atoms with Gasteiger partial charge in [0.25, 0.3) is 0 Å². The molecule has 0 amide bonds. The molecule has 0 fully saturated rings. The summed E-state index contributed by atoms with van der Waals surface area (Å²) in [7, 11) is 1.10. The topological polar surface area (TPSA) is 63.6 Å². The normalized spacial score (nSPS) is 13.3. The Bertz CT molecular complexity index is 241. The number of esters is 1. The number of methoxy groups -OCH3 is 1. The van der Waals surface area contributed by atoms with Crippen molar-refractivity contribution in [3.8, 4) is 0 Å². The highest BCUT2D eigenvalue weighted by atomic mass is 32.2. The molecule has 0 saturated carbocycles. The molecule has 0 bridgehead atoms. The lowest BCUT2D eigenvalue weighted by atomic mass is 10.2. The van der Waals surface area contributed by atoms with Gasteiger partial charge in [0, 0.05) is 5.75 Å². The van der Waals surface area contributed by atoms with Crippen molar-refractivity contribution < 1.29 is 32.6 Å². The number of hydrogen-bond donors (Lipinski definition) is 1. The second-order valence-corrected chi connectivity index (χ2v) is 3.55. The predicted octanol–water partition coefficient (Wildman–Crippen LogP) is 1.16. The summed E-state index contributed by atoms with van der Waals surface area (Å²) >= 11 is 0.574. The van der Waals surface area contributed by atoms with Crippen molar-refractivity contribution in [3.63, 3.8) is 0 Å². The second-order valence-electron chi connectivity index (χ2n) is 2.52. The predicted molar refractivity (Wildman–Crippen MR) is 46.5 cm³/mol. The molecule has 0 spiro atoms. The fraction of sp³-hybridized carbons (Fsp3) is 0.714. The Labute approximate surface area is 87.8 Å². The van der Waals surface area contributed by atoms with E-state index in [1.54, 1.807) is 0 Å². The monoisotopic (exact) mass is 246 g/mol. The van der Waals surface area contributed by atoms with E-state index >= 15 is 0 Å². The van der Waals surface area contributed by atoms with Crippen LogP contribution in [0.4, 0.5) is 13.2 Å². The maximum atomic E-state index is 12.1. The molecule has 0 aromatic carbocycles. The third kappa shape index (κ3) is 5.50. The molecule has 1 atom stereocenters. The molecule has 15 heavy (non-hydrogen) atoms. The molecular formula is C7H9F3O4S. The van der Waals surface area contributed by atoms with Crippen molar-refractivity contribution in [2.75, 3.05) is 18.6 Å². The fourth-order valence-corrected chi connectivity index (χ4v) is 1.59. The van der Waals surface area contributed by atoms with E-state index in [-0.39, 0.29) is 5.75 Å². The van der Waals surface area contributed by atoms with E-state index in [1.807, 2.05) is 0 Å². The molecule has 0 saturated heterocycles. The van der Waals surface area contributed by atoms with E-state index in [4.69, 9.17) is 5.11 Å². The Morgan fingerprint density at radius 1 is 1.47 bits per heavy atom. The van der Waals surface area contributed by atoms with Crippen LogP contribution in [0.15, 0.2) is 0 Å². The van der Waals surface area contributed by atoms with E-state index in [0.717, 1.165) is 7.11 Å². The van der Waals surface area contributed by atoms with Crippen LogP contribution in [0.1, 0.15) is 0 Å². The summed E-state index contributed by atoms with van der Waals surface area (Å²) in [5.41, 5.74) is 0. The summed E-state index contributed by atoms with van der Waals surface area (Å²) in [4.78, 5) is 20.8. The van der Waals surface area contributed by atoms with Crippen molar-refractivity contribution in [2.45, 2.75) is 6.18 Å². The summed E-state index contributed by atoms with van der Waals surface area (Å²) in [6.45, 7) is 0. The maximum Gasteiger partial charge on any atom is 0.403 e. The number of alkyl halides is 3. The number of carbonyl (C=O) groups is 2. The highest BCUT2D eigenvalue weighted by Gasteiger charge is 2.44. The van der Waals surface area contributed by atoms with Crippen LogP contribution in [-0.4, -0.2) is 41.8 Å². The van der Waals surface area contributed by atoms with Gasteiger partial charge in [-0.15, -0.1) is 11.8 Å². The number of thioether (sulfide) groups is 1. The lowest BCUT2D eigenvalue weighted by Crippen LogP contribution is -2.32. The minimum atomic E-state index is -4.80. The first-order chi connectivity index (χ1) is 6.79. The molecule has 0 aromatic heterocycles. The first-order valence-electron chi connectivity index (χ1n) is 3.73. The summed E-state index contributed by atoms with van der Waals surface area (Å²) in [6.07, 6.45) is -4.80. The van der Waals surface area contributed by atoms with E-state index in [2.05, 4.69) is 4.74 Å². The van der Waals surface area contributed by atoms with Crippen molar-refractivity contribution in [1.29, 1.82) is 0 Å². The van der Waals surface area contributed by atoms with E-state index in [9.17, 15) is 22.8 Å². The van der Waals surface area contributed by atoms with E-state index in [0.29, 0.717) is 11.8 Å². The zero-order valence-electron chi connectivity index (χ0n) is 7.71. The molecule has 0 rings (SSSR count). The molecule has 0 aliphatic carbocycles. The number of carboxylic acid groups (broad SMARTS) is 1. The standard InChI is InChI=1S/C7H9F3O4S/c1-14-5(11)3-15-2-4(6(12)13)7(8,9)10/h4H,2-3H2,1H3,(H,12,13). The van der Waals surface area contributed by atoms with Crippen molar-refractivity contribution in [2.24, 2.45) is 5.92 Å². The van der Waals surface area contributed by atoms with Crippen molar-refractivity contribution in [3.05, 3.63) is 0 Å². The molecule has 0 aliphatic rings. The molecule has 8 heteroatoms. The van der Waals surface area contributed by atoms with Gasteiger partial charge < -0.3 is 9.84 Å². The molecule has 1 unspecified atom stereocenters. The highest BCUT2D eigenvalue weighted by Crippen LogP contribution is 2.29. The Kier molecular flexibility index (Phi) is 5.48. The van der Waals surface area contributed by atoms with Crippen LogP contribution in [0, 0.1) is 5.92 Å². The van der Waals surface area contributed by atoms with Gasteiger partial charge in [0.1, 0.15) is 0 Å². The van der Waals surface area contributed by atoms with E-state index in [1.165, 1.54) is 0 Å². The van der Waals surface area contributed by atoms with Gasteiger partial charge in [-0.3, -0.25) is 9.59 Å². The summed E-state index contributed by atoms with van der Waals surface area (Å²) < 4.78 is 40.4. The van der Waals surface area contributed by atoms with Gasteiger partial charge in [0.05, 0.1) is 12.9 Å². The van der Waals surface area contributed by atoms with Crippen LogP contribution >= 0.6 is 11.8 Å². The zero-order chi connectivity index (χ0) is 12.1. The van der Waals surface area contributed by atoms with Crippen LogP contribution in [0.3, 0.4) is 0 Å². The largest absolute Gasteiger partial charge is 0.481 e. The first kappa shape index (κ1) is 14.1. The zero-order valence-corrected chi connectivity index (χ0v) is 8.52. The Balaban J connectivity index is 4.10. The Morgan fingerprint density at radius 3 is 2.33 bits per heavy atom. The molecule has 0 aliphatic heterocycles. The third-order valence-electron chi connectivity index (χ3n) is 1.43. The van der Waals surface area contributed by atoms with Gasteiger partial charge in [-0.2, -0.15) is 13.2 Å². The minimum absolute atomic E-state index is 0.295. The van der Waals surface area contributed by atoms with E-state index < -0.39 is 29.8 Å². The summed E-state index contributed by atoms with van der Waals surface area (Å²) in [6, 6.07) is 0. The maximum absolute atomic E-state index is 12.1. The third-order valence-corrected chi connectivity index (χ3v) is 2.43. The molecule has 0 radical (unpaired) electrons. The number of aliphatic carboxylic acids is 1. The first-order valence-corrected chi connectivity index (χ1v) is 4.88. The van der Waals surface area contributed by atoms with Gasteiger partial charge in [-0.1, -0.05) is 0 Å².